The van der Waals surface area contributed by atoms with Gasteiger partial charge in [0.25, 0.3) is 0 Å². The lowest BCUT2D eigenvalue weighted by Crippen LogP contribution is -2.38. The number of rotatable bonds is 3. The van der Waals surface area contributed by atoms with E-state index in [-0.39, 0.29) is 0 Å². The zero-order valence-corrected chi connectivity index (χ0v) is 8.16. The van der Waals surface area contributed by atoms with E-state index < -0.39 is 0 Å². The van der Waals surface area contributed by atoms with Crippen molar-refractivity contribution >= 4 is 0 Å². The van der Waals surface area contributed by atoms with Gasteiger partial charge in [-0.25, -0.2) is 0 Å². The molecule has 1 saturated heterocycles. The standard InChI is InChI=1S/C11H16N2/c1-10-3-4-11(12-9-10)5-8-13-6-2-7-13/h3-4,9H,2,5-8H2,1H3. The van der Waals surface area contributed by atoms with E-state index in [2.05, 4.69) is 28.9 Å². The maximum atomic E-state index is 4.38. The minimum atomic E-state index is 1.10. The summed E-state index contributed by atoms with van der Waals surface area (Å²) >= 11 is 0. The predicted molar refractivity (Wildman–Crippen MR) is 53.7 cm³/mol. The van der Waals surface area contributed by atoms with Gasteiger partial charge >= 0.3 is 0 Å². The monoisotopic (exact) mass is 176 g/mol. The highest BCUT2D eigenvalue weighted by atomic mass is 15.2. The van der Waals surface area contributed by atoms with E-state index in [1.165, 1.54) is 37.3 Å². The van der Waals surface area contributed by atoms with E-state index in [9.17, 15) is 0 Å². The molecule has 2 nitrogen and oxygen atoms in total. The van der Waals surface area contributed by atoms with E-state index >= 15 is 0 Å². The van der Waals surface area contributed by atoms with Crippen molar-refractivity contribution in [3.8, 4) is 0 Å². The summed E-state index contributed by atoms with van der Waals surface area (Å²) in [6, 6.07) is 4.27. The summed E-state index contributed by atoms with van der Waals surface area (Å²) in [5, 5.41) is 0. The molecule has 1 aliphatic heterocycles. The first kappa shape index (κ1) is 8.70. The molecule has 0 bridgehead atoms. The fraction of sp³-hybridized carbons (Fsp3) is 0.545. The molecule has 1 aromatic rings. The molecule has 70 valence electrons. The molecule has 0 N–H and O–H groups in total. The highest BCUT2D eigenvalue weighted by Crippen LogP contribution is 2.07. The lowest BCUT2D eigenvalue weighted by Gasteiger charge is -2.30. The van der Waals surface area contributed by atoms with Gasteiger partial charge in [-0.05, 0) is 38.1 Å². The third-order valence-corrected chi connectivity index (χ3v) is 2.61. The Morgan fingerprint density at radius 2 is 2.23 bits per heavy atom. The number of aryl methyl sites for hydroxylation is 1. The molecule has 0 atom stereocenters. The second-order valence-electron chi connectivity index (χ2n) is 3.77. The zero-order chi connectivity index (χ0) is 9.10. The van der Waals surface area contributed by atoms with E-state index in [1.54, 1.807) is 0 Å². The second-order valence-corrected chi connectivity index (χ2v) is 3.77. The fourth-order valence-corrected chi connectivity index (χ4v) is 1.52. The van der Waals surface area contributed by atoms with Crippen molar-refractivity contribution in [3.05, 3.63) is 29.6 Å². The van der Waals surface area contributed by atoms with Crippen molar-refractivity contribution in [2.45, 2.75) is 19.8 Å². The van der Waals surface area contributed by atoms with Crippen LogP contribution < -0.4 is 0 Å². The largest absolute Gasteiger partial charge is 0.303 e. The molecule has 13 heavy (non-hydrogen) atoms. The van der Waals surface area contributed by atoms with Gasteiger partial charge < -0.3 is 4.90 Å². The average molecular weight is 176 g/mol. The molecule has 0 aliphatic carbocycles. The summed E-state index contributed by atoms with van der Waals surface area (Å²) in [5.74, 6) is 0. The minimum absolute atomic E-state index is 1.10. The maximum absolute atomic E-state index is 4.38. The number of hydrogen-bond donors (Lipinski definition) is 0. The predicted octanol–water partition coefficient (Wildman–Crippen LogP) is 1.64. The molecule has 0 aromatic carbocycles. The van der Waals surface area contributed by atoms with Crippen molar-refractivity contribution < 1.29 is 0 Å². The van der Waals surface area contributed by atoms with Crippen LogP contribution in [0.4, 0.5) is 0 Å². The van der Waals surface area contributed by atoms with Crippen LogP contribution in [-0.2, 0) is 6.42 Å². The summed E-state index contributed by atoms with van der Waals surface area (Å²) in [4.78, 5) is 6.86. The summed E-state index contributed by atoms with van der Waals surface area (Å²) in [5.41, 5.74) is 2.46. The zero-order valence-electron chi connectivity index (χ0n) is 8.16. The SMILES string of the molecule is Cc1ccc(CCN2CCC2)nc1. The number of hydrogen-bond acceptors (Lipinski definition) is 2. The normalized spacial score (nSPS) is 17.0. The van der Waals surface area contributed by atoms with E-state index in [0.29, 0.717) is 0 Å². The molecule has 1 aliphatic rings. The van der Waals surface area contributed by atoms with Crippen molar-refractivity contribution in [3.63, 3.8) is 0 Å². The Hall–Kier alpha value is -0.890. The van der Waals surface area contributed by atoms with Gasteiger partial charge in [0.1, 0.15) is 0 Å². The third kappa shape index (κ3) is 2.28. The quantitative estimate of drug-likeness (QED) is 0.696. The maximum Gasteiger partial charge on any atom is 0.0416 e. The molecule has 2 heterocycles. The summed E-state index contributed by atoms with van der Waals surface area (Å²) in [7, 11) is 0. The first-order chi connectivity index (χ1) is 6.34. The molecule has 0 amide bonds. The van der Waals surface area contributed by atoms with E-state index in [0.717, 1.165) is 6.42 Å². The topological polar surface area (TPSA) is 16.1 Å². The van der Waals surface area contributed by atoms with Crippen molar-refractivity contribution in [2.24, 2.45) is 0 Å². The summed E-state index contributed by atoms with van der Waals surface area (Å²) < 4.78 is 0. The summed E-state index contributed by atoms with van der Waals surface area (Å²) in [6.07, 6.45) is 4.42. The number of likely N-dealkylation sites (tertiary alicyclic amines) is 1. The molecule has 1 aromatic heterocycles. The molecule has 2 rings (SSSR count). The Labute approximate surface area is 79.6 Å². The van der Waals surface area contributed by atoms with Crippen LogP contribution in [0.3, 0.4) is 0 Å². The van der Waals surface area contributed by atoms with Gasteiger partial charge in [-0.15, -0.1) is 0 Å². The van der Waals surface area contributed by atoms with Gasteiger partial charge in [-0.3, -0.25) is 4.98 Å². The highest BCUT2D eigenvalue weighted by molar-refractivity contribution is 5.12. The van der Waals surface area contributed by atoms with Gasteiger partial charge in [-0.2, -0.15) is 0 Å². The molecular weight excluding hydrogens is 160 g/mol. The lowest BCUT2D eigenvalue weighted by atomic mass is 10.2. The Morgan fingerprint density at radius 1 is 1.38 bits per heavy atom. The number of nitrogens with zero attached hydrogens (tertiary/aromatic N) is 2. The number of aromatic nitrogens is 1. The molecular formula is C11H16N2. The summed E-state index contributed by atoms with van der Waals surface area (Å²) in [6.45, 7) is 5.82. The Kier molecular flexibility index (Phi) is 2.60. The third-order valence-electron chi connectivity index (χ3n) is 2.61. The van der Waals surface area contributed by atoms with E-state index in [4.69, 9.17) is 0 Å². The van der Waals surface area contributed by atoms with E-state index in [1.807, 2.05) is 6.20 Å². The second kappa shape index (κ2) is 3.88. The molecule has 1 fully saturated rings. The molecule has 0 radical (unpaired) electrons. The van der Waals surface area contributed by atoms with Crippen LogP contribution in [0.1, 0.15) is 17.7 Å². The van der Waals surface area contributed by atoms with Gasteiger partial charge in [0.2, 0.25) is 0 Å². The highest BCUT2D eigenvalue weighted by Gasteiger charge is 2.12. The molecule has 2 heteroatoms. The minimum Gasteiger partial charge on any atom is -0.303 e. The fourth-order valence-electron chi connectivity index (χ4n) is 1.52. The van der Waals surface area contributed by atoms with Crippen molar-refractivity contribution in [1.82, 2.24) is 9.88 Å². The van der Waals surface area contributed by atoms with Crippen LogP contribution >= 0.6 is 0 Å². The molecule has 0 saturated carbocycles. The van der Waals surface area contributed by atoms with Crippen LogP contribution in [0, 0.1) is 6.92 Å². The van der Waals surface area contributed by atoms with Gasteiger partial charge in [0.15, 0.2) is 0 Å². The molecule has 0 unspecified atom stereocenters. The van der Waals surface area contributed by atoms with Crippen LogP contribution in [0.2, 0.25) is 0 Å². The molecule has 0 spiro atoms. The van der Waals surface area contributed by atoms with Crippen LogP contribution in [0.5, 0.6) is 0 Å². The Bertz CT molecular complexity index is 262. The lowest BCUT2D eigenvalue weighted by molar-refractivity contribution is 0.183. The van der Waals surface area contributed by atoms with Gasteiger partial charge in [-0.1, -0.05) is 6.07 Å². The first-order valence-corrected chi connectivity index (χ1v) is 4.98. The average Bonchev–Trinajstić information content (AvgIpc) is 2.05. The smallest absolute Gasteiger partial charge is 0.0416 e. The first-order valence-electron chi connectivity index (χ1n) is 4.98. The number of pyridine rings is 1. The van der Waals surface area contributed by atoms with Crippen LogP contribution in [-0.4, -0.2) is 29.5 Å². The van der Waals surface area contributed by atoms with Crippen molar-refractivity contribution in [1.29, 1.82) is 0 Å². The Morgan fingerprint density at radius 3 is 2.77 bits per heavy atom. The van der Waals surface area contributed by atoms with Crippen molar-refractivity contribution in [2.75, 3.05) is 19.6 Å². The van der Waals surface area contributed by atoms with Gasteiger partial charge in [0.05, 0.1) is 0 Å². The van der Waals surface area contributed by atoms with Crippen LogP contribution in [0.25, 0.3) is 0 Å². The van der Waals surface area contributed by atoms with Gasteiger partial charge in [0, 0.05) is 24.9 Å². The Balaban J connectivity index is 1.83. The van der Waals surface area contributed by atoms with Crippen LogP contribution in [0.15, 0.2) is 18.3 Å².